The van der Waals surface area contributed by atoms with Crippen LogP contribution >= 0.6 is 0 Å². The number of rotatable bonds is 7. The van der Waals surface area contributed by atoms with Crippen LogP contribution in [0, 0.1) is 11.8 Å². The zero-order valence-corrected chi connectivity index (χ0v) is 11.6. The fraction of sp³-hybridized carbons (Fsp3) is 0.929. The molecule has 0 aromatic carbocycles. The summed E-state index contributed by atoms with van der Waals surface area (Å²) in [6, 6.07) is 0. The lowest BCUT2D eigenvalue weighted by Gasteiger charge is -2.32. The molecule has 0 aromatic heterocycles. The summed E-state index contributed by atoms with van der Waals surface area (Å²) in [6.07, 6.45) is 6.34. The highest BCUT2D eigenvalue weighted by Gasteiger charge is 2.29. The van der Waals surface area contributed by atoms with Crippen LogP contribution in [0.5, 0.6) is 0 Å². The van der Waals surface area contributed by atoms with Gasteiger partial charge in [-0.1, -0.05) is 19.8 Å². The summed E-state index contributed by atoms with van der Waals surface area (Å²) >= 11 is 0. The zero-order chi connectivity index (χ0) is 13.4. The Bertz CT molecular complexity index is 238. The monoisotopic (exact) mass is 256 g/mol. The van der Waals surface area contributed by atoms with Crippen molar-refractivity contribution in [3.05, 3.63) is 0 Å². The molecule has 1 fully saturated rings. The zero-order valence-electron chi connectivity index (χ0n) is 11.6. The maximum Gasteiger partial charge on any atom is 0.225 e. The van der Waals surface area contributed by atoms with Crippen LogP contribution in [-0.2, 0) is 4.79 Å². The standard InChI is InChI=1S/C14H28N2O2/c1-2-8-16(9-10-17)14(18)13-5-3-4-12(11-13)6-7-15/h12-13,17H,2-11,15H2,1H3. The summed E-state index contributed by atoms with van der Waals surface area (Å²) in [6.45, 7) is 4.09. The van der Waals surface area contributed by atoms with Gasteiger partial charge in [0, 0.05) is 19.0 Å². The smallest absolute Gasteiger partial charge is 0.225 e. The van der Waals surface area contributed by atoms with Crippen molar-refractivity contribution >= 4 is 5.91 Å². The first kappa shape index (κ1) is 15.4. The molecule has 1 saturated carbocycles. The summed E-state index contributed by atoms with van der Waals surface area (Å²) in [5.41, 5.74) is 5.61. The molecule has 18 heavy (non-hydrogen) atoms. The molecule has 1 aliphatic carbocycles. The molecule has 106 valence electrons. The summed E-state index contributed by atoms with van der Waals surface area (Å²) in [5.74, 6) is 1.02. The third-order valence-corrected chi connectivity index (χ3v) is 3.88. The highest BCUT2D eigenvalue weighted by molar-refractivity contribution is 5.79. The van der Waals surface area contributed by atoms with Gasteiger partial charge >= 0.3 is 0 Å². The van der Waals surface area contributed by atoms with E-state index in [1.807, 2.05) is 4.90 Å². The Hall–Kier alpha value is -0.610. The van der Waals surface area contributed by atoms with Crippen LogP contribution < -0.4 is 5.73 Å². The Morgan fingerprint density at radius 3 is 2.78 bits per heavy atom. The lowest BCUT2D eigenvalue weighted by molar-refractivity contribution is -0.137. The fourth-order valence-corrected chi connectivity index (χ4v) is 2.99. The fourth-order valence-electron chi connectivity index (χ4n) is 2.99. The minimum atomic E-state index is 0.0602. The topological polar surface area (TPSA) is 66.6 Å². The molecular formula is C14H28N2O2. The third kappa shape index (κ3) is 4.58. The second-order valence-corrected chi connectivity index (χ2v) is 5.36. The van der Waals surface area contributed by atoms with E-state index in [9.17, 15) is 4.79 Å². The summed E-state index contributed by atoms with van der Waals surface area (Å²) in [5, 5.41) is 9.04. The van der Waals surface area contributed by atoms with Crippen LogP contribution in [0.3, 0.4) is 0 Å². The van der Waals surface area contributed by atoms with E-state index in [1.165, 1.54) is 6.42 Å². The van der Waals surface area contributed by atoms with E-state index in [0.717, 1.165) is 45.2 Å². The Morgan fingerprint density at radius 2 is 2.17 bits per heavy atom. The van der Waals surface area contributed by atoms with Crippen molar-refractivity contribution in [3.63, 3.8) is 0 Å². The molecule has 4 nitrogen and oxygen atoms in total. The molecule has 2 unspecified atom stereocenters. The maximum absolute atomic E-state index is 12.4. The predicted molar refractivity (Wildman–Crippen MR) is 73.1 cm³/mol. The van der Waals surface area contributed by atoms with Crippen molar-refractivity contribution in [1.82, 2.24) is 4.90 Å². The Morgan fingerprint density at radius 1 is 1.39 bits per heavy atom. The first-order valence-electron chi connectivity index (χ1n) is 7.32. The van der Waals surface area contributed by atoms with E-state index in [1.54, 1.807) is 0 Å². The van der Waals surface area contributed by atoms with E-state index in [0.29, 0.717) is 12.5 Å². The predicted octanol–water partition coefficient (Wildman–Crippen LogP) is 1.37. The van der Waals surface area contributed by atoms with Gasteiger partial charge < -0.3 is 15.7 Å². The second-order valence-electron chi connectivity index (χ2n) is 5.36. The van der Waals surface area contributed by atoms with Crippen molar-refractivity contribution in [2.75, 3.05) is 26.2 Å². The molecule has 1 aliphatic rings. The molecule has 0 radical (unpaired) electrons. The number of carbonyl (C=O) groups is 1. The lowest BCUT2D eigenvalue weighted by Crippen LogP contribution is -2.40. The minimum absolute atomic E-state index is 0.0602. The van der Waals surface area contributed by atoms with E-state index >= 15 is 0 Å². The molecule has 0 bridgehead atoms. The quantitative estimate of drug-likeness (QED) is 0.723. The van der Waals surface area contributed by atoms with Gasteiger partial charge in [-0.05, 0) is 38.1 Å². The minimum Gasteiger partial charge on any atom is -0.395 e. The molecule has 1 amide bonds. The first-order valence-corrected chi connectivity index (χ1v) is 7.32. The van der Waals surface area contributed by atoms with Crippen molar-refractivity contribution in [2.24, 2.45) is 17.6 Å². The van der Waals surface area contributed by atoms with Gasteiger partial charge in [-0.3, -0.25) is 4.79 Å². The number of nitrogens with zero attached hydrogens (tertiary/aromatic N) is 1. The number of nitrogens with two attached hydrogens (primary N) is 1. The number of hydrogen-bond acceptors (Lipinski definition) is 3. The van der Waals surface area contributed by atoms with Crippen LogP contribution in [0.25, 0.3) is 0 Å². The lowest BCUT2D eigenvalue weighted by atomic mass is 9.79. The Balaban J connectivity index is 2.52. The molecular weight excluding hydrogens is 228 g/mol. The van der Waals surface area contributed by atoms with Gasteiger partial charge in [0.05, 0.1) is 6.61 Å². The van der Waals surface area contributed by atoms with Crippen LogP contribution in [-0.4, -0.2) is 42.2 Å². The molecule has 3 N–H and O–H groups in total. The van der Waals surface area contributed by atoms with Gasteiger partial charge in [-0.25, -0.2) is 0 Å². The van der Waals surface area contributed by atoms with Crippen molar-refractivity contribution in [1.29, 1.82) is 0 Å². The Labute approximate surface area is 111 Å². The average molecular weight is 256 g/mol. The molecule has 0 spiro atoms. The molecule has 0 aromatic rings. The maximum atomic E-state index is 12.4. The molecule has 0 heterocycles. The van der Waals surface area contributed by atoms with E-state index < -0.39 is 0 Å². The van der Waals surface area contributed by atoms with Crippen molar-refractivity contribution in [2.45, 2.75) is 45.4 Å². The Kier molecular flexibility index (Phi) is 7.28. The van der Waals surface area contributed by atoms with Gasteiger partial charge in [0.15, 0.2) is 0 Å². The van der Waals surface area contributed by atoms with Gasteiger partial charge in [0.1, 0.15) is 0 Å². The number of amides is 1. The normalized spacial score (nSPS) is 23.9. The van der Waals surface area contributed by atoms with E-state index in [4.69, 9.17) is 10.8 Å². The molecule has 0 aliphatic heterocycles. The number of hydrogen-bond donors (Lipinski definition) is 2. The molecule has 0 saturated heterocycles. The van der Waals surface area contributed by atoms with Crippen molar-refractivity contribution < 1.29 is 9.90 Å². The van der Waals surface area contributed by atoms with Gasteiger partial charge in [0.2, 0.25) is 5.91 Å². The van der Waals surface area contributed by atoms with Crippen molar-refractivity contribution in [3.8, 4) is 0 Å². The summed E-state index contributed by atoms with van der Waals surface area (Å²) in [4.78, 5) is 14.2. The largest absolute Gasteiger partial charge is 0.395 e. The van der Waals surface area contributed by atoms with Crippen LogP contribution in [0.2, 0.25) is 0 Å². The van der Waals surface area contributed by atoms with E-state index in [-0.39, 0.29) is 18.4 Å². The summed E-state index contributed by atoms with van der Waals surface area (Å²) < 4.78 is 0. The highest BCUT2D eigenvalue weighted by atomic mass is 16.3. The third-order valence-electron chi connectivity index (χ3n) is 3.88. The second kappa shape index (κ2) is 8.48. The number of aliphatic hydroxyl groups excluding tert-OH is 1. The van der Waals surface area contributed by atoms with Gasteiger partial charge in [0.25, 0.3) is 0 Å². The molecule has 1 rings (SSSR count). The van der Waals surface area contributed by atoms with Gasteiger partial charge in [-0.2, -0.15) is 0 Å². The van der Waals surface area contributed by atoms with Gasteiger partial charge in [-0.15, -0.1) is 0 Å². The first-order chi connectivity index (χ1) is 8.72. The highest BCUT2D eigenvalue weighted by Crippen LogP contribution is 2.32. The van der Waals surface area contributed by atoms with Crippen LogP contribution in [0.4, 0.5) is 0 Å². The van der Waals surface area contributed by atoms with Crippen LogP contribution in [0.1, 0.15) is 45.4 Å². The molecule has 4 heteroatoms. The number of aliphatic hydroxyl groups is 1. The molecule has 2 atom stereocenters. The van der Waals surface area contributed by atoms with E-state index in [2.05, 4.69) is 6.92 Å². The summed E-state index contributed by atoms with van der Waals surface area (Å²) in [7, 11) is 0. The number of carbonyl (C=O) groups excluding carboxylic acids is 1. The average Bonchev–Trinajstić information content (AvgIpc) is 2.38. The SMILES string of the molecule is CCCN(CCO)C(=O)C1CCCC(CCN)C1. The van der Waals surface area contributed by atoms with Crippen LogP contribution in [0.15, 0.2) is 0 Å².